The third-order valence-electron chi connectivity index (χ3n) is 2.86. The normalized spacial score (nSPS) is 11.4. The van der Waals surface area contributed by atoms with Crippen molar-refractivity contribution in [1.82, 2.24) is 5.32 Å². The fourth-order valence-corrected chi connectivity index (χ4v) is 2.15. The van der Waals surface area contributed by atoms with Gasteiger partial charge in [0.1, 0.15) is 0 Å². The third kappa shape index (κ3) is 4.58. The van der Waals surface area contributed by atoms with Crippen molar-refractivity contribution in [3.05, 3.63) is 31.8 Å². The molecule has 0 aromatic heterocycles. The molecule has 1 N–H and O–H groups in total. The Morgan fingerprint density at radius 3 is 2.71 bits per heavy atom. The first kappa shape index (κ1) is 15.0. The molecule has 4 heteroatoms. The molecule has 17 heavy (non-hydrogen) atoms. The van der Waals surface area contributed by atoms with Gasteiger partial charge in [0.25, 0.3) is 5.91 Å². The highest BCUT2D eigenvalue weighted by Gasteiger charge is 2.17. The molecule has 0 radical (unpaired) electrons. The molecule has 0 aliphatic rings. The number of benzene rings is 1. The molecular weight excluding hydrogens is 393 g/mol. The summed E-state index contributed by atoms with van der Waals surface area (Å²) in [5.41, 5.74) is 0.875. The summed E-state index contributed by atoms with van der Waals surface area (Å²) < 4.78 is 1.90. The zero-order valence-electron chi connectivity index (χ0n) is 10.3. The van der Waals surface area contributed by atoms with E-state index in [-0.39, 0.29) is 11.3 Å². The Bertz CT molecular complexity index is 418. The van der Waals surface area contributed by atoms with E-state index < -0.39 is 0 Å². The van der Waals surface area contributed by atoms with Crippen LogP contribution in [0.1, 0.15) is 37.6 Å². The van der Waals surface area contributed by atoms with Gasteiger partial charge < -0.3 is 5.32 Å². The summed E-state index contributed by atoms with van der Waals surface area (Å²) in [5, 5.41) is 2.99. The number of rotatable bonds is 4. The van der Waals surface area contributed by atoms with Crippen LogP contribution in [0, 0.1) is 8.99 Å². The van der Waals surface area contributed by atoms with Gasteiger partial charge in [-0.1, -0.05) is 36.7 Å². The number of halogens is 2. The average molecular weight is 410 g/mol. The highest BCUT2D eigenvalue weighted by molar-refractivity contribution is 14.1. The van der Waals surface area contributed by atoms with Crippen LogP contribution in [0.5, 0.6) is 0 Å². The van der Waals surface area contributed by atoms with Gasteiger partial charge in [-0.05, 0) is 52.6 Å². The lowest BCUT2D eigenvalue weighted by atomic mass is 9.90. The molecule has 0 heterocycles. The summed E-state index contributed by atoms with van der Waals surface area (Å²) in [6.45, 7) is 7.14. The monoisotopic (exact) mass is 409 g/mol. The van der Waals surface area contributed by atoms with Gasteiger partial charge in [-0.15, -0.1) is 0 Å². The molecule has 0 unspecified atom stereocenters. The molecule has 0 atom stereocenters. The zero-order valence-corrected chi connectivity index (χ0v) is 14.1. The van der Waals surface area contributed by atoms with E-state index in [0.29, 0.717) is 6.54 Å². The highest BCUT2D eigenvalue weighted by atomic mass is 127. The molecule has 0 fully saturated rings. The molecule has 0 saturated heterocycles. The minimum Gasteiger partial charge on any atom is -0.351 e. The lowest BCUT2D eigenvalue weighted by molar-refractivity contribution is 0.0935. The lowest BCUT2D eigenvalue weighted by Gasteiger charge is -2.23. The second-order valence-corrected chi connectivity index (χ2v) is 6.90. The topological polar surface area (TPSA) is 29.1 Å². The Labute approximate surface area is 125 Å². The second kappa shape index (κ2) is 6.18. The number of hydrogen-bond acceptors (Lipinski definition) is 1. The van der Waals surface area contributed by atoms with Crippen LogP contribution in [-0.2, 0) is 0 Å². The van der Waals surface area contributed by atoms with Gasteiger partial charge in [0.05, 0.1) is 5.56 Å². The fraction of sp³-hybridized carbons (Fsp3) is 0.462. The van der Waals surface area contributed by atoms with Crippen molar-refractivity contribution in [2.45, 2.75) is 27.2 Å². The van der Waals surface area contributed by atoms with Crippen molar-refractivity contribution >= 4 is 44.4 Å². The highest BCUT2D eigenvalue weighted by Crippen LogP contribution is 2.20. The lowest BCUT2D eigenvalue weighted by Crippen LogP contribution is -2.33. The minimum absolute atomic E-state index is 0.00257. The Morgan fingerprint density at radius 2 is 2.12 bits per heavy atom. The van der Waals surface area contributed by atoms with Crippen LogP contribution in [0.3, 0.4) is 0 Å². The van der Waals surface area contributed by atoms with Gasteiger partial charge in [0.15, 0.2) is 0 Å². The number of carbonyl (C=O) groups is 1. The summed E-state index contributed by atoms with van der Waals surface area (Å²) in [7, 11) is 0. The van der Waals surface area contributed by atoms with Gasteiger partial charge in [0.2, 0.25) is 0 Å². The van der Waals surface area contributed by atoms with E-state index in [1.165, 1.54) is 0 Å². The number of hydrogen-bond donors (Lipinski definition) is 1. The molecule has 2 nitrogen and oxygen atoms in total. The maximum absolute atomic E-state index is 12.0. The van der Waals surface area contributed by atoms with Crippen molar-refractivity contribution in [2.75, 3.05) is 6.54 Å². The van der Waals surface area contributed by atoms with Gasteiger partial charge in [-0.3, -0.25) is 4.79 Å². The molecule has 1 rings (SSSR count). The van der Waals surface area contributed by atoms with Crippen LogP contribution in [0.4, 0.5) is 0 Å². The molecule has 1 aromatic rings. The first-order chi connectivity index (χ1) is 7.85. The van der Waals surface area contributed by atoms with Crippen molar-refractivity contribution in [2.24, 2.45) is 5.41 Å². The smallest absolute Gasteiger partial charge is 0.252 e. The largest absolute Gasteiger partial charge is 0.351 e. The van der Waals surface area contributed by atoms with E-state index in [1.54, 1.807) is 0 Å². The number of amides is 1. The van der Waals surface area contributed by atoms with Gasteiger partial charge in [0, 0.05) is 14.6 Å². The van der Waals surface area contributed by atoms with Crippen molar-refractivity contribution < 1.29 is 4.79 Å². The van der Waals surface area contributed by atoms with Crippen LogP contribution in [0.2, 0.25) is 0 Å². The van der Waals surface area contributed by atoms with Crippen molar-refractivity contribution in [1.29, 1.82) is 0 Å². The zero-order chi connectivity index (χ0) is 13.1. The van der Waals surface area contributed by atoms with E-state index in [1.807, 2.05) is 18.2 Å². The molecular formula is C13H17BrINO. The Kier molecular flexibility index (Phi) is 5.44. The summed E-state index contributed by atoms with van der Waals surface area (Å²) in [4.78, 5) is 12.0. The fourth-order valence-electron chi connectivity index (χ4n) is 1.21. The van der Waals surface area contributed by atoms with Crippen LogP contribution < -0.4 is 5.32 Å². The number of carbonyl (C=O) groups excluding carboxylic acids is 1. The SMILES string of the molecule is CCC(C)(C)CNC(=O)c1cc(Br)ccc1I. The third-order valence-corrected chi connectivity index (χ3v) is 4.29. The van der Waals surface area contributed by atoms with Gasteiger partial charge in [-0.25, -0.2) is 0 Å². The molecule has 0 spiro atoms. The van der Waals surface area contributed by atoms with Gasteiger partial charge >= 0.3 is 0 Å². The number of nitrogens with one attached hydrogen (secondary N) is 1. The minimum atomic E-state index is -0.00257. The average Bonchev–Trinajstić information content (AvgIpc) is 2.29. The van der Waals surface area contributed by atoms with E-state index in [0.717, 1.165) is 20.0 Å². The van der Waals surface area contributed by atoms with Crippen LogP contribution in [0.25, 0.3) is 0 Å². The van der Waals surface area contributed by atoms with E-state index in [2.05, 4.69) is 64.6 Å². The first-order valence-electron chi connectivity index (χ1n) is 5.59. The molecule has 94 valence electrons. The van der Waals surface area contributed by atoms with Crippen molar-refractivity contribution in [3.8, 4) is 0 Å². The quantitative estimate of drug-likeness (QED) is 0.741. The summed E-state index contributed by atoms with van der Waals surface area (Å²) in [6.07, 6.45) is 1.04. The predicted octanol–water partition coefficient (Wildman–Crippen LogP) is 4.22. The molecule has 1 amide bonds. The van der Waals surface area contributed by atoms with E-state index in [4.69, 9.17) is 0 Å². The maximum atomic E-state index is 12.0. The van der Waals surface area contributed by atoms with E-state index in [9.17, 15) is 4.79 Å². The molecule has 0 bridgehead atoms. The molecule has 1 aromatic carbocycles. The van der Waals surface area contributed by atoms with Crippen molar-refractivity contribution in [3.63, 3.8) is 0 Å². The van der Waals surface area contributed by atoms with Crippen LogP contribution in [0.15, 0.2) is 22.7 Å². The molecule has 0 saturated carbocycles. The first-order valence-corrected chi connectivity index (χ1v) is 7.46. The second-order valence-electron chi connectivity index (χ2n) is 4.82. The Hall–Kier alpha value is -0.100. The summed E-state index contributed by atoms with van der Waals surface area (Å²) in [6, 6.07) is 5.73. The van der Waals surface area contributed by atoms with Crippen LogP contribution in [-0.4, -0.2) is 12.5 Å². The Balaban J connectivity index is 2.74. The standard InChI is InChI=1S/C13H17BrINO/c1-4-13(2,3)8-16-12(17)10-7-9(14)5-6-11(10)15/h5-7H,4,8H2,1-3H3,(H,16,17). The predicted molar refractivity (Wildman–Crippen MR) is 83.3 cm³/mol. The molecule has 0 aliphatic carbocycles. The van der Waals surface area contributed by atoms with Gasteiger partial charge in [-0.2, -0.15) is 0 Å². The molecule has 0 aliphatic heterocycles. The maximum Gasteiger partial charge on any atom is 0.252 e. The van der Waals surface area contributed by atoms with Crippen LogP contribution >= 0.6 is 38.5 Å². The van der Waals surface area contributed by atoms with E-state index >= 15 is 0 Å². The summed E-state index contributed by atoms with van der Waals surface area (Å²) >= 11 is 5.57. The summed E-state index contributed by atoms with van der Waals surface area (Å²) in [5.74, 6) is -0.00257. The Morgan fingerprint density at radius 1 is 1.47 bits per heavy atom.